The average Bonchev–Trinajstić information content (AvgIpc) is 3.82. The van der Waals surface area contributed by atoms with Crippen molar-refractivity contribution in [3.8, 4) is 22.8 Å². The fraction of sp³-hybridized carbons (Fsp3) is 0.250. The Morgan fingerprint density at radius 3 is 1.61 bits per heavy atom. The van der Waals surface area contributed by atoms with E-state index in [1.165, 1.54) is 0 Å². The second kappa shape index (κ2) is 13.1. The number of nitrogens with one attached hydrogen (secondary N) is 1. The summed E-state index contributed by atoms with van der Waals surface area (Å²) < 4.78 is 0. The summed E-state index contributed by atoms with van der Waals surface area (Å²) >= 11 is 18.8. The molecule has 1 N–H and O–H groups in total. The van der Waals surface area contributed by atoms with Crippen LogP contribution in [0.3, 0.4) is 0 Å². The topological polar surface area (TPSA) is 130 Å². The van der Waals surface area contributed by atoms with Crippen LogP contribution in [0, 0.1) is 0 Å². The van der Waals surface area contributed by atoms with E-state index in [9.17, 15) is 4.79 Å². The van der Waals surface area contributed by atoms with Crippen LogP contribution in [0.25, 0.3) is 45.1 Å². The van der Waals surface area contributed by atoms with Gasteiger partial charge >= 0.3 is 0 Å². The van der Waals surface area contributed by atoms with Crippen LogP contribution >= 0.6 is 34.8 Å². The molecule has 0 radical (unpaired) electrons. The maximum atomic E-state index is 12.3. The van der Waals surface area contributed by atoms with E-state index < -0.39 is 0 Å². The number of halogens is 3. The highest BCUT2D eigenvalue weighted by Gasteiger charge is 2.22. The monoisotopic (exact) mass is 672 g/mol. The van der Waals surface area contributed by atoms with Crippen LogP contribution in [-0.4, -0.2) is 66.1 Å². The lowest BCUT2D eigenvalue weighted by molar-refractivity contribution is 0.931. The van der Waals surface area contributed by atoms with Gasteiger partial charge in [0.05, 0.1) is 0 Å². The molecule has 0 aliphatic carbocycles. The van der Waals surface area contributed by atoms with Gasteiger partial charge in [0.25, 0.3) is 5.56 Å². The Bertz CT molecular complexity index is 2080. The van der Waals surface area contributed by atoms with E-state index >= 15 is 0 Å². The molecule has 8 rings (SSSR count). The zero-order valence-corrected chi connectivity index (χ0v) is 26.8. The van der Waals surface area contributed by atoms with Crippen LogP contribution in [0.2, 0.25) is 15.5 Å². The Balaban J connectivity index is 0.000000147. The third kappa shape index (κ3) is 6.18. The van der Waals surface area contributed by atoms with Crippen molar-refractivity contribution in [2.75, 3.05) is 36.0 Å². The minimum Gasteiger partial charge on any atom is -0.354 e. The summed E-state index contributed by atoms with van der Waals surface area (Å²) in [4.78, 5) is 50.2. The molecule has 4 aromatic heterocycles. The van der Waals surface area contributed by atoms with Crippen molar-refractivity contribution in [1.29, 1.82) is 0 Å². The molecule has 232 valence electrons. The quantitative estimate of drug-likeness (QED) is 0.204. The first-order chi connectivity index (χ1) is 22.4. The number of fused-ring (bicyclic) bond motifs is 2. The molecule has 46 heavy (non-hydrogen) atoms. The molecule has 0 spiro atoms. The maximum Gasteiger partial charge on any atom is 0.279 e. The largest absolute Gasteiger partial charge is 0.354 e. The normalized spacial score (nSPS) is 14.6. The molecule has 0 unspecified atom stereocenters. The SMILES string of the molecule is Clc1nc2c(Cl)nc(-c3ccccc3)nc2nc1N1CCCC1.O=c1[nH]c(-c2ccccc2)nc2nc(N3CCCC3)c(Cl)nc12. The van der Waals surface area contributed by atoms with Crippen molar-refractivity contribution in [3.05, 3.63) is 86.5 Å². The summed E-state index contributed by atoms with van der Waals surface area (Å²) in [5.41, 5.74) is 2.75. The average molecular weight is 674 g/mol. The zero-order chi connectivity index (χ0) is 31.6. The van der Waals surface area contributed by atoms with Gasteiger partial charge in [-0.25, -0.2) is 34.9 Å². The first kappa shape index (κ1) is 30.2. The van der Waals surface area contributed by atoms with Gasteiger partial charge in [0.2, 0.25) is 0 Å². The molecule has 2 aromatic carbocycles. The number of nitrogens with zero attached hydrogens (tertiary/aromatic N) is 9. The van der Waals surface area contributed by atoms with Crippen LogP contribution in [0.1, 0.15) is 25.7 Å². The fourth-order valence-electron chi connectivity index (χ4n) is 5.52. The van der Waals surface area contributed by atoms with E-state index in [1.54, 1.807) is 0 Å². The molecule has 0 amide bonds. The molecule has 2 aliphatic rings. The molecule has 0 bridgehead atoms. The van der Waals surface area contributed by atoms with Gasteiger partial charge in [0.1, 0.15) is 11.3 Å². The lowest BCUT2D eigenvalue weighted by Gasteiger charge is -2.17. The number of hydrogen-bond donors (Lipinski definition) is 1. The molecular weight excluding hydrogens is 647 g/mol. The van der Waals surface area contributed by atoms with E-state index in [1.807, 2.05) is 60.7 Å². The van der Waals surface area contributed by atoms with Crippen LogP contribution in [0.15, 0.2) is 65.5 Å². The number of H-pyrrole nitrogens is 1. The predicted octanol–water partition coefficient (Wildman–Crippen LogP) is 6.63. The number of rotatable bonds is 4. The molecule has 0 atom stereocenters. The number of benzene rings is 2. The van der Waals surface area contributed by atoms with Gasteiger partial charge in [0, 0.05) is 37.3 Å². The summed E-state index contributed by atoms with van der Waals surface area (Å²) in [7, 11) is 0. The predicted molar refractivity (Wildman–Crippen MR) is 182 cm³/mol. The van der Waals surface area contributed by atoms with Crippen molar-refractivity contribution in [3.63, 3.8) is 0 Å². The van der Waals surface area contributed by atoms with E-state index in [0.717, 1.165) is 63.0 Å². The minimum absolute atomic E-state index is 0.164. The Hall–Kier alpha value is -4.45. The molecule has 14 heteroatoms. The highest BCUT2D eigenvalue weighted by Crippen LogP contribution is 2.30. The summed E-state index contributed by atoms with van der Waals surface area (Å²) in [5, 5.41) is 0.854. The molecule has 2 fully saturated rings. The Kier molecular flexibility index (Phi) is 8.61. The third-order valence-electron chi connectivity index (χ3n) is 7.80. The second-order valence-electron chi connectivity index (χ2n) is 10.9. The van der Waals surface area contributed by atoms with E-state index in [4.69, 9.17) is 34.8 Å². The van der Waals surface area contributed by atoms with Gasteiger partial charge < -0.3 is 14.8 Å². The zero-order valence-electron chi connectivity index (χ0n) is 24.5. The van der Waals surface area contributed by atoms with Crippen molar-refractivity contribution in [2.24, 2.45) is 0 Å². The molecule has 11 nitrogen and oxygen atoms in total. The molecule has 2 aliphatic heterocycles. The Labute approximate surface area is 278 Å². The van der Waals surface area contributed by atoms with Gasteiger partial charge in [-0.1, -0.05) is 95.5 Å². The first-order valence-corrected chi connectivity index (χ1v) is 16.1. The second-order valence-corrected chi connectivity index (χ2v) is 12.0. The van der Waals surface area contributed by atoms with E-state index in [-0.39, 0.29) is 21.4 Å². The van der Waals surface area contributed by atoms with Gasteiger partial charge in [-0.3, -0.25) is 4.79 Å². The number of anilines is 2. The Morgan fingerprint density at radius 2 is 1.04 bits per heavy atom. The summed E-state index contributed by atoms with van der Waals surface area (Å²) in [6.07, 6.45) is 4.48. The summed E-state index contributed by atoms with van der Waals surface area (Å²) in [5.74, 6) is 2.29. The number of aromatic nitrogens is 8. The standard InChI is InChI=1S/C16H13Cl2N5.C16H14ClN5O/c17-12-11-15(21-14(20-12)10-6-2-1-3-7-10)22-16(13(18)19-11)23-8-4-5-9-23;17-12-15(22-8-4-5-9-22)20-14-11(18-12)16(23)21-13(19-14)10-6-2-1-3-7-10/h1-3,6-7H,4-5,8-9H2;1-3,6-7H,4-5,8-9H2,(H,19,20,21,23). The fourth-order valence-corrected chi connectivity index (χ4v) is 6.22. The van der Waals surface area contributed by atoms with Crippen molar-refractivity contribution >= 4 is 68.8 Å². The van der Waals surface area contributed by atoms with Crippen LogP contribution in [0.4, 0.5) is 11.6 Å². The molecule has 6 heterocycles. The van der Waals surface area contributed by atoms with Crippen molar-refractivity contribution < 1.29 is 0 Å². The smallest absolute Gasteiger partial charge is 0.279 e. The molecule has 2 saturated heterocycles. The Morgan fingerprint density at radius 1 is 0.543 bits per heavy atom. The maximum absolute atomic E-state index is 12.3. The van der Waals surface area contributed by atoms with Crippen LogP contribution < -0.4 is 15.4 Å². The summed E-state index contributed by atoms with van der Waals surface area (Å²) in [6.45, 7) is 3.66. The minimum atomic E-state index is -0.337. The van der Waals surface area contributed by atoms with Crippen molar-refractivity contribution in [1.82, 2.24) is 39.9 Å². The van der Waals surface area contributed by atoms with Crippen LogP contribution in [-0.2, 0) is 0 Å². The third-order valence-corrected chi connectivity index (χ3v) is 8.57. The molecule has 0 saturated carbocycles. The van der Waals surface area contributed by atoms with Gasteiger partial charge in [0.15, 0.2) is 49.7 Å². The van der Waals surface area contributed by atoms with Crippen LogP contribution in [0.5, 0.6) is 0 Å². The lowest BCUT2D eigenvalue weighted by Crippen LogP contribution is -2.21. The first-order valence-electron chi connectivity index (χ1n) is 14.9. The number of hydrogen-bond acceptors (Lipinski definition) is 10. The van der Waals surface area contributed by atoms with E-state index in [0.29, 0.717) is 45.2 Å². The highest BCUT2D eigenvalue weighted by atomic mass is 35.5. The van der Waals surface area contributed by atoms with Gasteiger partial charge in [-0.2, -0.15) is 0 Å². The highest BCUT2D eigenvalue weighted by molar-refractivity contribution is 6.35. The van der Waals surface area contributed by atoms with Crippen molar-refractivity contribution in [2.45, 2.75) is 25.7 Å². The van der Waals surface area contributed by atoms with Gasteiger partial charge in [-0.15, -0.1) is 0 Å². The molecule has 6 aromatic rings. The molecular formula is C32H27Cl3N10O. The van der Waals surface area contributed by atoms with Gasteiger partial charge in [-0.05, 0) is 25.7 Å². The van der Waals surface area contributed by atoms with E-state index in [2.05, 4.69) is 49.7 Å². The number of aromatic amines is 1. The summed E-state index contributed by atoms with van der Waals surface area (Å²) in [6, 6.07) is 19.1. The lowest BCUT2D eigenvalue weighted by atomic mass is 10.2.